The summed E-state index contributed by atoms with van der Waals surface area (Å²) >= 11 is 0. The summed E-state index contributed by atoms with van der Waals surface area (Å²) in [6.07, 6.45) is 61.1. The second-order valence-electron chi connectivity index (χ2n) is 16.4. The highest BCUT2D eigenvalue weighted by atomic mass is 31.2. The van der Waals surface area contributed by atoms with Gasteiger partial charge in [-0.25, -0.2) is 4.57 Å². The number of allylic oxidation sites excluding steroid dienone is 16. The van der Waals surface area contributed by atoms with Crippen molar-refractivity contribution in [3.8, 4) is 0 Å². The van der Waals surface area contributed by atoms with Gasteiger partial charge in [-0.1, -0.05) is 195 Å². The molecule has 0 saturated heterocycles. The number of hydrogen-bond acceptors (Lipinski definition) is 9. The first-order chi connectivity index (χ1) is 31.8. The summed E-state index contributed by atoms with van der Waals surface area (Å²) in [5.74, 6) is -1.11. The minimum atomic E-state index is -4.67. The Hall–Kier alpha value is -3.11. The quantitative estimate of drug-likeness (QED) is 0.0233. The largest absolute Gasteiger partial charge is 0.472 e. The summed E-state index contributed by atoms with van der Waals surface area (Å²) in [5, 5.41) is 19.2. The molecule has 0 fully saturated rings. The molecule has 0 aromatic carbocycles. The highest BCUT2D eigenvalue weighted by molar-refractivity contribution is 7.47. The number of phosphoric ester groups is 1. The van der Waals surface area contributed by atoms with E-state index in [1.54, 1.807) is 0 Å². The number of ether oxygens (including phenoxy) is 2. The van der Waals surface area contributed by atoms with Crippen LogP contribution in [-0.4, -0.2) is 65.7 Å². The van der Waals surface area contributed by atoms with Crippen molar-refractivity contribution in [1.82, 2.24) is 0 Å². The lowest BCUT2D eigenvalue weighted by atomic mass is 10.0. The fourth-order valence-corrected chi connectivity index (χ4v) is 7.25. The molecule has 0 bridgehead atoms. The summed E-state index contributed by atoms with van der Waals surface area (Å²) in [6, 6.07) is 0. The maximum atomic E-state index is 12.4. The number of esters is 2. The summed E-state index contributed by atoms with van der Waals surface area (Å²) in [6.45, 7) is 2.00. The molecule has 0 saturated carbocycles. The van der Waals surface area contributed by atoms with Crippen molar-refractivity contribution in [2.75, 3.05) is 26.4 Å². The van der Waals surface area contributed by atoms with E-state index in [1.807, 2.05) is 12.2 Å². The highest BCUT2D eigenvalue weighted by Gasteiger charge is 2.27. The minimum Gasteiger partial charge on any atom is -0.457 e. The van der Waals surface area contributed by atoms with Crippen LogP contribution in [-0.2, 0) is 32.7 Å². The molecule has 0 aromatic heterocycles. The SMILES string of the molecule is CC/C=C\C/C=C\C/C=C\C/C=C\C/C=C\C/C=C\CCC(=O)OC(CO)COP(=O)(O)OCC(CO)OC(=O)CCCCCCCCCCCCC/C=C\C/C=C\CCCCCCC. The Balaban J connectivity index is 3.94. The molecule has 3 atom stereocenters. The van der Waals surface area contributed by atoms with Crippen LogP contribution in [0.2, 0.25) is 0 Å². The Bertz CT molecular complexity index is 1400. The van der Waals surface area contributed by atoms with Crippen LogP contribution >= 0.6 is 7.82 Å². The van der Waals surface area contributed by atoms with Gasteiger partial charge in [-0.05, 0) is 83.5 Å². The van der Waals surface area contributed by atoms with Gasteiger partial charge in [0.2, 0.25) is 0 Å². The Kier molecular flexibility index (Phi) is 46.5. The maximum absolute atomic E-state index is 12.4. The summed E-state index contributed by atoms with van der Waals surface area (Å²) in [5.41, 5.74) is 0. The van der Waals surface area contributed by atoms with E-state index in [0.29, 0.717) is 12.8 Å². The molecule has 0 aromatic rings. The van der Waals surface area contributed by atoms with Crippen LogP contribution in [0.3, 0.4) is 0 Å². The van der Waals surface area contributed by atoms with Gasteiger partial charge in [-0.2, -0.15) is 0 Å². The topological polar surface area (TPSA) is 149 Å². The molecule has 3 unspecified atom stereocenters. The van der Waals surface area contributed by atoms with E-state index < -0.39 is 58.4 Å². The van der Waals surface area contributed by atoms with Crippen LogP contribution in [0, 0.1) is 0 Å². The van der Waals surface area contributed by atoms with E-state index >= 15 is 0 Å². The molecular weight excluding hydrogens is 840 g/mol. The van der Waals surface area contributed by atoms with Crippen LogP contribution in [0.25, 0.3) is 0 Å². The lowest BCUT2D eigenvalue weighted by Crippen LogP contribution is -2.28. The fraction of sp³-hybridized carbons (Fsp3) is 0.667. The lowest BCUT2D eigenvalue weighted by molar-refractivity contribution is -0.153. The van der Waals surface area contributed by atoms with Crippen molar-refractivity contribution in [3.63, 3.8) is 0 Å². The van der Waals surface area contributed by atoms with Gasteiger partial charge in [0.15, 0.2) is 0 Å². The van der Waals surface area contributed by atoms with E-state index in [1.165, 1.54) is 89.9 Å². The van der Waals surface area contributed by atoms with E-state index in [2.05, 4.69) is 98.9 Å². The van der Waals surface area contributed by atoms with Gasteiger partial charge in [0, 0.05) is 12.8 Å². The molecule has 0 aliphatic heterocycles. The average molecular weight is 931 g/mol. The van der Waals surface area contributed by atoms with Gasteiger partial charge in [0.05, 0.1) is 26.4 Å². The van der Waals surface area contributed by atoms with Crippen LogP contribution in [0.4, 0.5) is 0 Å². The fourth-order valence-electron chi connectivity index (χ4n) is 6.47. The summed E-state index contributed by atoms with van der Waals surface area (Å²) < 4.78 is 32.6. The molecule has 0 radical (unpaired) electrons. The third kappa shape index (κ3) is 47.2. The van der Waals surface area contributed by atoms with Crippen LogP contribution in [0.1, 0.15) is 194 Å². The van der Waals surface area contributed by atoms with E-state index in [4.69, 9.17) is 18.5 Å². The average Bonchev–Trinajstić information content (AvgIpc) is 3.30. The molecule has 0 aliphatic carbocycles. The normalized spacial score (nSPS) is 14.5. The zero-order chi connectivity index (χ0) is 47.6. The zero-order valence-corrected chi connectivity index (χ0v) is 41.6. The minimum absolute atomic E-state index is 0.0620. The number of hydrogen-bond donors (Lipinski definition) is 3. The highest BCUT2D eigenvalue weighted by Crippen LogP contribution is 2.43. The zero-order valence-electron chi connectivity index (χ0n) is 40.7. The lowest BCUT2D eigenvalue weighted by Gasteiger charge is -2.20. The Morgan fingerprint density at radius 1 is 0.431 bits per heavy atom. The first kappa shape index (κ1) is 61.9. The second kappa shape index (κ2) is 48.8. The van der Waals surface area contributed by atoms with E-state index in [-0.39, 0.29) is 12.8 Å². The third-order valence-corrected chi connectivity index (χ3v) is 11.2. The monoisotopic (exact) mass is 931 g/mol. The molecule has 3 N–H and O–H groups in total. The molecule has 0 amide bonds. The molecule has 0 aliphatic rings. The molecule has 11 heteroatoms. The van der Waals surface area contributed by atoms with Crippen molar-refractivity contribution >= 4 is 19.8 Å². The van der Waals surface area contributed by atoms with Crippen molar-refractivity contribution in [2.24, 2.45) is 0 Å². The van der Waals surface area contributed by atoms with Crippen LogP contribution in [0.15, 0.2) is 97.2 Å². The van der Waals surface area contributed by atoms with E-state index in [0.717, 1.165) is 64.2 Å². The number of rotatable bonds is 46. The number of carbonyl (C=O) groups is 2. The Labute approximate surface area is 395 Å². The third-order valence-electron chi connectivity index (χ3n) is 10.3. The standard InChI is InChI=1S/C54H91O10P/c1-3-5-7-9-11-13-15-17-19-21-23-24-25-26-28-30-32-34-36-38-40-42-44-46-54(58)64-52(48-56)50-62-65(59,60)61-49-51(47-55)63-53(57)45-43-41-39-37-35-33-31-29-27-22-20-18-16-14-12-10-8-6-4-2/h6,8,12,14-15,17-18,20-21,23,27,29,33,35,39,41,51-52,55-56H,3-5,7,9-11,13,16,19,22,24-26,28,30-32,34,36-38,40,42-50H2,1-2H3,(H,59,60)/b8-6-,14-12-,17-15-,20-18-,23-21-,29-27-,35-33-,41-39-. The molecular formula is C54H91O10P. The Morgan fingerprint density at radius 2 is 0.754 bits per heavy atom. The number of carbonyl (C=O) groups excluding carboxylic acids is 2. The Morgan fingerprint density at radius 3 is 1.14 bits per heavy atom. The van der Waals surface area contributed by atoms with Gasteiger partial charge in [-0.3, -0.25) is 18.6 Å². The van der Waals surface area contributed by atoms with Gasteiger partial charge in [0.1, 0.15) is 12.2 Å². The van der Waals surface area contributed by atoms with Crippen LogP contribution in [0.5, 0.6) is 0 Å². The first-order valence-electron chi connectivity index (χ1n) is 25.2. The van der Waals surface area contributed by atoms with Crippen molar-refractivity contribution in [1.29, 1.82) is 0 Å². The van der Waals surface area contributed by atoms with E-state index in [9.17, 15) is 29.3 Å². The van der Waals surface area contributed by atoms with Crippen LogP contribution < -0.4 is 0 Å². The smallest absolute Gasteiger partial charge is 0.457 e. The molecule has 65 heavy (non-hydrogen) atoms. The molecule has 0 spiro atoms. The van der Waals surface area contributed by atoms with Gasteiger partial charge >= 0.3 is 19.8 Å². The van der Waals surface area contributed by atoms with Crippen molar-refractivity contribution in [2.45, 2.75) is 206 Å². The van der Waals surface area contributed by atoms with Gasteiger partial charge in [0.25, 0.3) is 0 Å². The second-order valence-corrected chi connectivity index (χ2v) is 17.9. The number of aliphatic hydroxyl groups excluding tert-OH is 2. The number of phosphoric acid groups is 1. The molecule has 372 valence electrons. The van der Waals surface area contributed by atoms with Gasteiger partial charge < -0.3 is 24.6 Å². The maximum Gasteiger partial charge on any atom is 0.472 e. The molecule has 0 heterocycles. The number of unbranched alkanes of at least 4 members (excludes halogenated alkanes) is 16. The first-order valence-corrected chi connectivity index (χ1v) is 26.7. The predicted molar refractivity (Wildman–Crippen MR) is 269 cm³/mol. The van der Waals surface area contributed by atoms with Gasteiger partial charge in [-0.15, -0.1) is 0 Å². The molecule has 0 rings (SSSR count). The number of aliphatic hydroxyl groups is 2. The van der Waals surface area contributed by atoms with Crippen molar-refractivity contribution in [3.05, 3.63) is 97.2 Å². The van der Waals surface area contributed by atoms with Crippen molar-refractivity contribution < 1.29 is 47.8 Å². The predicted octanol–water partition coefficient (Wildman–Crippen LogP) is 14.3. The summed E-state index contributed by atoms with van der Waals surface area (Å²) in [4.78, 5) is 34.6. The summed E-state index contributed by atoms with van der Waals surface area (Å²) in [7, 11) is -4.67. The molecule has 10 nitrogen and oxygen atoms in total.